The van der Waals surface area contributed by atoms with Gasteiger partial charge in [-0.2, -0.15) is 0 Å². The molecule has 0 aliphatic heterocycles. The van der Waals surface area contributed by atoms with E-state index in [0.717, 1.165) is 11.8 Å². The number of aliphatic hydroxyl groups excluding tert-OH is 1. The molecule has 90 valence electrons. The first-order valence-corrected chi connectivity index (χ1v) is 6.36. The second-order valence-electron chi connectivity index (χ2n) is 5.35. The van der Waals surface area contributed by atoms with Crippen LogP contribution in [0.1, 0.15) is 46.5 Å². The fourth-order valence-electron chi connectivity index (χ4n) is 2.26. The molecule has 0 aromatic carbocycles. The molecule has 0 aromatic heterocycles. The molecule has 0 heterocycles. The summed E-state index contributed by atoms with van der Waals surface area (Å²) in [7, 11) is 0. The van der Waals surface area contributed by atoms with Crippen LogP contribution in [0.4, 0.5) is 0 Å². The fraction of sp³-hybridized carbons (Fsp3) is 1.00. The van der Waals surface area contributed by atoms with E-state index in [2.05, 4.69) is 13.8 Å². The maximum Gasteiger partial charge on any atom is 0.0575 e. The van der Waals surface area contributed by atoms with Gasteiger partial charge in [0.2, 0.25) is 0 Å². The first-order valence-electron chi connectivity index (χ1n) is 6.36. The van der Waals surface area contributed by atoms with Gasteiger partial charge in [0.15, 0.2) is 0 Å². The van der Waals surface area contributed by atoms with Crippen LogP contribution in [0, 0.1) is 17.8 Å². The summed E-state index contributed by atoms with van der Waals surface area (Å²) < 4.78 is 5.81. The highest BCUT2D eigenvalue weighted by molar-refractivity contribution is 4.74. The molecule has 1 rings (SSSR count). The zero-order valence-corrected chi connectivity index (χ0v) is 10.4. The summed E-state index contributed by atoms with van der Waals surface area (Å²) in [6.45, 7) is 7.48. The SMILES string of the molecule is CC1CCC([C@@H](C)OCC(C)CO)CC1. The van der Waals surface area contributed by atoms with Gasteiger partial charge in [-0.25, -0.2) is 0 Å². The maximum atomic E-state index is 8.91. The minimum atomic E-state index is 0.231. The summed E-state index contributed by atoms with van der Waals surface area (Å²) in [5.41, 5.74) is 0. The number of hydrogen-bond acceptors (Lipinski definition) is 2. The van der Waals surface area contributed by atoms with E-state index in [4.69, 9.17) is 9.84 Å². The Morgan fingerprint density at radius 1 is 1.20 bits per heavy atom. The van der Waals surface area contributed by atoms with Gasteiger partial charge in [0, 0.05) is 12.5 Å². The lowest BCUT2D eigenvalue weighted by atomic mass is 9.80. The molecule has 0 bridgehead atoms. The van der Waals surface area contributed by atoms with Crippen molar-refractivity contribution in [2.45, 2.75) is 52.6 Å². The average Bonchev–Trinajstić information content (AvgIpc) is 2.26. The molecule has 0 aromatic rings. The van der Waals surface area contributed by atoms with E-state index in [1.807, 2.05) is 6.92 Å². The van der Waals surface area contributed by atoms with Gasteiger partial charge in [0.25, 0.3) is 0 Å². The summed E-state index contributed by atoms with van der Waals surface area (Å²) in [6.07, 6.45) is 5.71. The quantitative estimate of drug-likeness (QED) is 0.762. The van der Waals surface area contributed by atoms with E-state index in [-0.39, 0.29) is 12.5 Å². The third-order valence-corrected chi connectivity index (χ3v) is 3.68. The molecule has 1 N–H and O–H groups in total. The van der Waals surface area contributed by atoms with Gasteiger partial charge >= 0.3 is 0 Å². The van der Waals surface area contributed by atoms with Gasteiger partial charge in [0.05, 0.1) is 12.7 Å². The van der Waals surface area contributed by atoms with Crippen molar-refractivity contribution in [1.82, 2.24) is 0 Å². The van der Waals surface area contributed by atoms with Crippen LogP contribution in [0.2, 0.25) is 0 Å². The van der Waals surface area contributed by atoms with E-state index < -0.39 is 0 Å². The lowest BCUT2D eigenvalue weighted by Crippen LogP contribution is -2.27. The highest BCUT2D eigenvalue weighted by Gasteiger charge is 2.23. The Kier molecular flexibility index (Phi) is 5.62. The van der Waals surface area contributed by atoms with Crippen LogP contribution < -0.4 is 0 Å². The second-order valence-corrected chi connectivity index (χ2v) is 5.35. The van der Waals surface area contributed by atoms with E-state index in [9.17, 15) is 0 Å². The van der Waals surface area contributed by atoms with Crippen LogP contribution in [-0.4, -0.2) is 24.4 Å². The fourth-order valence-corrected chi connectivity index (χ4v) is 2.26. The van der Waals surface area contributed by atoms with Crippen LogP contribution in [0.15, 0.2) is 0 Å². The topological polar surface area (TPSA) is 29.5 Å². The van der Waals surface area contributed by atoms with Gasteiger partial charge in [-0.15, -0.1) is 0 Å². The Labute approximate surface area is 94.0 Å². The van der Waals surface area contributed by atoms with Gasteiger partial charge in [-0.05, 0) is 31.6 Å². The molecule has 0 amide bonds. The molecular formula is C13H26O2. The first kappa shape index (κ1) is 13.0. The summed E-state index contributed by atoms with van der Waals surface area (Å²) in [4.78, 5) is 0. The number of aliphatic hydroxyl groups is 1. The van der Waals surface area contributed by atoms with Crippen molar-refractivity contribution in [1.29, 1.82) is 0 Å². The average molecular weight is 214 g/mol. The Bertz CT molecular complexity index is 162. The zero-order valence-electron chi connectivity index (χ0n) is 10.4. The van der Waals surface area contributed by atoms with Crippen LogP contribution in [-0.2, 0) is 4.74 Å². The van der Waals surface area contributed by atoms with Gasteiger partial charge in [-0.3, -0.25) is 0 Å². The molecule has 0 radical (unpaired) electrons. The lowest BCUT2D eigenvalue weighted by Gasteiger charge is -2.31. The third-order valence-electron chi connectivity index (χ3n) is 3.68. The lowest BCUT2D eigenvalue weighted by molar-refractivity contribution is -0.0144. The predicted octanol–water partition coefficient (Wildman–Crippen LogP) is 2.85. The molecule has 0 saturated heterocycles. The van der Waals surface area contributed by atoms with E-state index in [1.165, 1.54) is 25.7 Å². The summed E-state index contributed by atoms with van der Waals surface area (Å²) in [5.74, 6) is 1.92. The Morgan fingerprint density at radius 3 is 2.33 bits per heavy atom. The summed E-state index contributed by atoms with van der Waals surface area (Å²) in [5, 5.41) is 8.91. The highest BCUT2D eigenvalue weighted by atomic mass is 16.5. The standard InChI is InChI=1S/C13H26O2/c1-10-4-6-13(7-5-10)12(3)15-9-11(2)8-14/h10-14H,4-9H2,1-3H3/t10?,11?,12-,13?/m1/s1. The largest absolute Gasteiger partial charge is 0.396 e. The molecule has 2 atom stereocenters. The predicted molar refractivity (Wildman–Crippen MR) is 62.8 cm³/mol. The number of hydrogen-bond donors (Lipinski definition) is 1. The summed E-state index contributed by atoms with van der Waals surface area (Å²) in [6, 6.07) is 0. The summed E-state index contributed by atoms with van der Waals surface area (Å²) >= 11 is 0. The minimum absolute atomic E-state index is 0.231. The van der Waals surface area contributed by atoms with Gasteiger partial charge < -0.3 is 9.84 Å². The van der Waals surface area contributed by atoms with Crippen LogP contribution >= 0.6 is 0 Å². The van der Waals surface area contributed by atoms with Crippen LogP contribution in [0.25, 0.3) is 0 Å². The molecule has 15 heavy (non-hydrogen) atoms. The number of rotatable bonds is 5. The normalized spacial score (nSPS) is 31.2. The van der Waals surface area contributed by atoms with Crippen LogP contribution in [0.3, 0.4) is 0 Å². The van der Waals surface area contributed by atoms with Crippen molar-refractivity contribution < 1.29 is 9.84 Å². The highest BCUT2D eigenvalue weighted by Crippen LogP contribution is 2.31. The Morgan fingerprint density at radius 2 is 1.80 bits per heavy atom. The molecular weight excluding hydrogens is 188 g/mol. The van der Waals surface area contributed by atoms with Crippen molar-refractivity contribution in [3.05, 3.63) is 0 Å². The van der Waals surface area contributed by atoms with Crippen molar-refractivity contribution in [3.8, 4) is 0 Å². The molecule has 0 spiro atoms. The van der Waals surface area contributed by atoms with Crippen LogP contribution in [0.5, 0.6) is 0 Å². The van der Waals surface area contributed by atoms with Crippen molar-refractivity contribution in [3.63, 3.8) is 0 Å². The first-order chi connectivity index (χ1) is 7.13. The van der Waals surface area contributed by atoms with E-state index >= 15 is 0 Å². The molecule has 2 nitrogen and oxygen atoms in total. The van der Waals surface area contributed by atoms with Crippen molar-refractivity contribution in [2.75, 3.05) is 13.2 Å². The van der Waals surface area contributed by atoms with E-state index in [1.54, 1.807) is 0 Å². The molecule has 1 aliphatic carbocycles. The molecule has 1 saturated carbocycles. The maximum absolute atomic E-state index is 8.91. The number of ether oxygens (including phenoxy) is 1. The van der Waals surface area contributed by atoms with E-state index in [0.29, 0.717) is 12.7 Å². The monoisotopic (exact) mass is 214 g/mol. The Hall–Kier alpha value is -0.0800. The second kappa shape index (κ2) is 6.49. The molecule has 2 heteroatoms. The smallest absolute Gasteiger partial charge is 0.0575 e. The zero-order chi connectivity index (χ0) is 11.3. The molecule has 1 unspecified atom stereocenters. The third kappa shape index (κ3) is 4.52. The molecule has 1 aliphatic rings. The minimum Gasteiger partial charge on any atom is -0.396 e. The Balaban J connectivity index is 2.19. The van der Waals surface area contributed by atoms with Gasteiger partial charge in [0.1, 0.15) is 0 Å². The van der Waals surface area contributed by atoms with Crippen molar-refractivity contribution in [2.24, 2.45) is 17.8 Å². The van der Waals surface area contributed by atoms with Gasteiger partial charge in [-0.1, -0.05) is 26.7 Å². The van der Waals surface area contributed by atoms with Crippen molar-refractivity contribution >= 4 is 0 Å². The molecule has 1 fully saturated rings.